The number of fused-ring (bicyclic) bond motifs is 1. The molecule has 1 heterocycles. The van der Waals surface area contributed by atoms with Gasteiger partial charge in [0.15, 0.2) is 0 Å². The Morgan fingerprint density at radius 3 is 2.56 bits per heavy atom. The maximum atomic E-state index is 12.9. The molecule has 0 spiro atoms. The number of benzene rings is 3. The third kappa shape index (κ3) is 4.61. The van der Waals surface area contributed by atoms with Crippen LogP contribution in [0, 0.1) is 0 Å². The van der Waals surface area contributed by atoms with E-state index in [9.17, 15) is 9.59 Å². The Morgan fingerprint density at radius 2 is 1.81 bits per heavy atom. The van der Waals surface area contributed by atoms with Crippen LogP contribution in [0.2, 0.25) is 5.02 Å². The van der Waals surface area contributed by atoms with Crippen LogP contribution in [0.4, 0.5) is 5.69 Å². The lowest BCUT2D eigenvalue weighted by atomic mass is 10.1. The second kappa shape index (κ2) is 9.42. The van der Waals surface area contributed by atoms with Crippen molar-refractivity contribution in [3.05, 3.63) is 93.8 Å². The second-order valence-corrected chi connectivity index (χ2v) is 8.72. The van der Waals surface area contributed by atoms with E-state index in [2.05, 4.69) is 5.32 Å². The third-order valence-corrected chi connectivity index (χ3v) is 6.68. The van der Waals surface area contributed by atoms with Gasteiger partial charge in [0, 0.05) is 34.9 Å². The predicted molar refractivity (Wildman–Crippen MR) is 130 cm³/mol. The second-order valence-electron chi connectivity index (χ2n) is 7.29. The van der Waals surface area contributed by atoms with Crippen LogP contribution in [0.25, 0.3) is 10.1 Å². The van der Waals surface area contributed by atoms with Crippen LogP contribution in [0.1, 0.15) is 25.6 Å². The molecule has 0 atom stereocenters. The number of nitrogens with one attached hydrogen (secondary N) is 1. The van der Waals surface area contributed by atoms with Gasteiger partial charge in [-0.3, -0.25) is 9.59 Å². The van der Waals surface area contributed by atoms with Crippen molar-refractivity contribution in [3.8, 4) is 5.75 Å². The van der Waals surface area contributed by atoms with Crippen LogP contribution in [0.3, 0.4) is 0 Å². The normalized spacial score (nSPS) is 10.7. The van der Waals surface area contributed by atoms with Crippen LogP contribution in [-0.4, -0.2) is 30.9 Å². The van der Waals surface area contributed by atoms with E-state index in [-0.39, 0.29) is 11.8 Å². The SMILES string of the molecule is COc1ccc2c(Cl)c(C(=O)Nc3cccc(C(=O)N(C)Cc4ccccc4)c3)sc2c1. The van der Waals surface area contributed by atoms with Gasteiger partial charge >= 0.3 is 0 Å². The van der Waals surface area contributed by atoms with Crippen molar-refractivity contribution in [2.24, 2.45) is 0 Å². The average Bonchev–Trinajstić information content (AvgIpc) is 3.15. The Bertz CT molecular complexity index is 1290. The van der Waals surface area contributed by atoms with Gasteiger partial charge in [-0.15, -0.1) is 11.3 Å². The van der Waals surface area contributed by atoms with E-state index in [1.807, 2.05) is 48.5 Å². The van der Waals surface area contributed by atoms with E-state index in [4.69, 9.17) is 16.3 Å². The lowest BCUT2D eigenvalue weighted by Crippen LogP contribution is -2.26. The summed E-state index contributed by atoms with van der Waals surface area (Å²) in [6.45, 7) is 0.497. The molecule has 0 saturated carbocycles. The molecule has 0 saturated heterocycles. The van der Waals surface area contributed by atoms with E-state index in [1.54, 1.807) is 43.3 Å². The Morgan fingerprint density at radius 1 is 1.03 bits per heavy atom. The number of hydrogen-bond donors (Lipinski definition) is 1. The molecule has 162 valence electrons. The molecule has 3 aromatic carbocycles. The zero-order valence-corrected chi connectivity index (χ0v) is 19.2. The van der Waals surface area contributed by atoms with Gasteiger partial charge in [-0.2, -0.15) is 0 Å². The van der Waals surface area contributed by atoms with Gasteiger partial charge in [-0.1, -0.05) is 48.0 Å². The molecule has 1 N–H and O–H groups in total. The molecule has 0 fully saturated rings. The minimum Gasteiger partial charge on any atom is -0.497 e. The number of rotatable bonds is 6. The van der Waals surface area contributed by atoms with Gasteiger partial charge in [0.2, 0.25) is 0 Å². The van der Waals surface area contributed by atoms with E-state index in [0.717, 1.165) is 15.6 Å². The van der Waals surface area contributed by atoms with Crippen LogP contribution in [0.15, 0.2) is 72.8 Å². The molecule has 0 aliphatic heterocycles. The molecule has 1 aromatic heterocycles. The van der Waals surface area contributed by atoms with E-state index in [1.165, 1.54) is 11.3 Å². The van der Waals surface area contributed by atoms with Crippen LogP contribution in [0.5, 0.6) is 5.75 Å². The monoisotopic (exact) mass is 464 g/mol. The lowest BCUT2D eigenvalue weighted by Gasteiger charge is -2.18. The number of halogens is 1. The largest absolute Gasteiger partial charge is 0.497 e. The van der Waals surface area contributed by atoms with Crippen molar-refractivity contribution in [1.29, 1.82) is 0 Å². The predicted octanol–water partition coefficient (Wildman–Crippen LogP) is 6.09. The molecule has 2 amide bonds. The molecular weight excluding hydrogens is 444 g/mol. The first kappa shape index (κ1) is 21.9. The molecule has 0 aliphatic carbocycles. The van der Waals surface area contributed by atoms with Crippen molar-refractivity contribution in [2.45, 2.75) is 6.54 Å². The summed E-state index contributed by atoms with van der Waals surface area (Å²) < 4.78 is 6.11. The van der Waals surface area contributed by atoms with Crippen LogP contribution in [-0.2, 0) is 6.54 Å². The summed E-state index contributed by atoms with van der Waals surface area (Å²) in [5.74, 6) is 0.252. The molecule has 4 rings (SSSR count). The van der Waals surface area contributed by atoms with Crippen LogP contribution >= 0.6 is 22.9 Å². The first-order valence-corrected chi connectivity index (χ1v) is 11.1. The topological polar surface area (TPSA) is 58.6 Å². The number of methoxy groups -OCH3 is 1. The Hall–Kier alpha value is -3.35. The fourth-order valence-corrected chi connectivity index (χ4v) is 4.83. The number of anilines is 1. The molecule has 7 heteroatoms. The summed E-state index contributed by atoms with van der Waals surface area (Å²) in [6, 6.07) is 22.2. The summed E-state index contributed by atoms with van der Waals surface area (Å²) in [6.07, 6.45) is 0. The molecule has 0 aliphatic rings. The van der Waals surface area contributed by atoms with Crippen LogP contribution < -0.4 is 10.1 Å². The van der Waals surface area contributed by atoms with Crippen molar-refractivity contribution in [3.63, 3.8) is 0 Å². The fraction of sp³-hybridized carbons (Fsp3) is 0.120. The number of carbonyl (C=O) groups excluding carboxylic acids is 2. The van der Waals surface area contributed by atoms with E-state index >= 15 is 0 Å². The van der Waals surface area contributed by atoms with E-state index < -0.39 is 0 Å². The van der Waals surface area contributed by atoms with Gasteiger partial charge in [-0.25, -0.2) is 0 Å². The Kier molecular flexibility index (Phi) is 6.44. The van der Waals surface area contributed by atoms with Crippen molar-refractivity contribution < 1.29 is 14.3 Å². The van der Waals surface area contributed by atoms with Crippen molar-refractivity contribution in [2.75, 3.05) is 19.5 Å². The summed E-state index contributed by atoms with van der Waals surface area (Å²) >= 11 is 7.76. The first-order chi connectivity index (χ1) is 15.5. The number of nitrogens with zero attached hydrogens (tertiary/aromatic N) is 1. The van der Waals surface area contributed by atoms with Gasteiger partial charge in [0.05, 0.1) is 12.1 Å². The highest BCUT2D eigenvalue weighted by Gasteiger charge is 2.19. The number of ether oxygens (including phenoxy) is 1. The molecule has 0 radical (unpaired) electrons. The molecule has 32 heavy (non-hydrogen) atoms. The fourth-order valence-electron chi connectivity index (χ4n) is 3.39. The number of carbonyl (C=O) groups is 2. The third-order valence-electron chi connectivity index (χ3n) is 5.02. The zero-order chi connectivity index (χ0) is 22.7. The smallest absolute Gasteiger partial charge is 0.267 e. The number of hydrogen-bond acceptors (Lipinski definition) is 4. The van der Waals surface area contributed by atoms with Gasteiger partial charge < -0.3 is 15.0 Å². The molecule has 5 nitrogen and oxygen atoms in total. The zero-order valence-electron chi connectivity index (χ0n) is 17.6. The molecule has 0 bridgehead atoms. The number of amides is 2. The minimum atomic E-state index is -0.322. The van der Waals surface area contributed by atoms with Gasteiger partial charge in [-0.05, 0) is 42.0 Å². The summed E-state index contributed by atoms with van der Waals surface area (Å²) in [7, 11) is 3.35. The summed E-state index contributed by atoms with van der Waals surface area (Å²) in [4.78, 5) is 27.8. The number of thiophene rings is 1. The minimum absolute atomic E-state index is 0.128. The highest BCUT2D eigenvalue weighted by molar-refractivity contribution is 7.21. The highest BCUT2D eigenvalue weighted by Crippen LogP contribution is 2.37. The molecule has 4 aromatic rings. The van der Waals surface area contributed by atoms with E-state index in [0.29, 0.717) is 33.4 Å². The standard InChI is InChI=1S/C25H21ClN2O3S/c1-28(15-16-7-4-3-5-8-16)25(30)17-9-6-10-18(13-17)27-24(29)23-22(26)20-12-11-19(31-2)14-21(20)32-23/h3-14H,15H2,1-2H3,(H,27,29). The highest BCUT2D eigenvalue weighted by atomic mass is 35.5. The van der Waals surface area contributed by atoms with Gasteiger partial charge in [0.1, 0.15) is 10.6 Å². The molecule has 0 unspecified atom stereocenters. The maximum absolute atomic E-state index is 12.9. The summed E-state index contributed by atoms with van der Waals surface area (Å²) in [5.41, 5.74) is 2.07. The van der Waals surface area contributed by atoms with Gasteiger partial charge in [0.25, 0.3) is 11.8 Å². The lowest BCUT2D eigenvalue weighted by molar-refractivity contribution is 0.0784. The van der Waals surface area contributed by atoms with Crippen molar-refractivity contribution >= 4 is 50.5 Å². The Balaban J connectivity index is 1.51. The maximum Gasteiger partial charge on any atom is 0.267 e. The summed E-state index contributed by atoms with van der Waals surface area (Å²) in [5, 5.41) is 4.06. The van der Waals surface area contributed by atoms with Crippen molar-refractivity contribution in [1.82, 2.24) is 4.90 Å². The Labute approximate surface area is 195 Å². The molecular formula is C25H21ClN2O3S. The average molecular weight is 465 g/mol. The quantitative estimate of drug-likeness (QED) is 0.375. The first-order valence-electron chi connectivity index (χ1n) is 9.93.